The molecule has 0 radical (unpaired) electrons. The standard InChI is InChI=1S/C19H25N3O2/c1-18(2,3)24-17(23)21-12-19(13-21)7-4-15(11-19)14-6-9-22-16(10-14)5-8-20-22/h5-6,8-10,15H,4,7,11-13H2,1-3H3/t15-/m1/s1. The summed E-state index contributed by atoms with van der Waals surface area (Å²) in [5, 5.41) is 4.26. The van der Waals surface area contributed by atoms with Crippen LogP contribution in [0.4, 0.5) is 4.79 Å². The third-order valence-corrected chi connectivity index (χ3v) is 5.30. The summed E-state index contributed by atoms with van der Waals surface area (Å²) in [6, 6.07) is 6.48. The van der Waals surface area contributed by atoms with Crippen LogP contribution < -0.4 is 0 Å². The van der Waals surface area contributed by atoms with E-state index in [2.05, 4.69) is 17.2 Å². The topological polar surface area (TPSA) is 46.8 Å². The van der Waals surface area contributed by atoms with Gasteiger partial charge in [-0.3, -0.25) is 0 Å². The van der Waals surface area contributed by atoms with Crippen molar-refractivity contribution in [3.05, 3.63) is 36.2 Å². The molecule has 5 heteroatoms. The lowest BCUT2D eigenvalue weighted by atomic mass is 9.77. The quantitative estimate of drug-likeness (QED) is 0.799. The number of aromatic nitrogens is 2. The van der Waals surface area contributed by atoms with Gasteiger partial charge in [-0.2, -0.15) is 5.10 Å². The van der Waals surface area contributed by atoms with Gasteiger partial charge in [-0.25, -0.2) is 9.31 Å². The lowest BCUT2D eigenvalue weighted by molar-refractivity contribution is -0.0323. The Hall–Kier alpha value is -2.04. The van der Waals surface area contributed by atoms with E-state index in [0.29, 0.717) is 11.3 Å². The first-order valence-corrected chi connectivity index (χ1v) is 8.75. The largest absolute Gasteiger partial charge is 0.444 e. The van der Waals surface area contributed by atoms with Crippen molar-refractivity contribution in [2.24, 2.45) is 5.41 Å². The second kappa shape index (κ2) is 5.23. The minimum absolute atomic E-state index is 0.169. The fourth-order valence-corrected chi connectivity index (χ4v) is 4.19. The maximum absolute atomic E-state index is 12.1. The van der Waals surface area contributed by atoms with Crippen LogP contribution in [0, 0.1) is 5.41 Å². The van der Waals surface area contributed by atoms with Crippen molar-refractivity contribution in [1.29, 1.82) is 0 Å². The van der Waals surface area contributed by atoms with Gasteiger partial charge in [-0.05, 0) is 69.7 Å². The van der Waals surface area contributed by atoms with Gasteiger partial charge in [0.25, 0.3) is 0 Å². The molecule has 3 heterocycles. The van der Waals surface area contributed by atoms with Crippen LogP contribution in [0.2, 0.25) is 0 Å². The Kier molecular flexibility index (Phi) is 3.37. The Morgan fingerprint density at radius 3 is 2.88 bits per heavy atom. The number of nitrogens with zero attached hydrogens (tertiary/aromatic N) is 3. The second-order valence-electron chi connectivity index (χ2n) is 8.44. The van der Waals surface area contributed by atoms with E-state index < -0.39 is 5.60 Å². The van der Waals surface area contributed by atoms with Crippen molar-refractivity contribution in [2.45, 2.75) is 51.6 Å². The predicted molar refractivity (Wildman–Crippen MR) is 92.0 cm³/mol. The highest BCUT2D eigenvalue weighted by molar-refractivity contribution is 5.69. The zero-order valence-corrected chi connectivity index (χ0v) is 14.7. The van der Waals surface area contributed by atoms with E-state index in [4.69, 9.17) is 4.74 Å². The van der Waals surface area contributed by atoms with Gasteiger partial charge in [0.2, 0.25) is 0 Å². The van der Waals surface area contributed by atoms with Crippen molar-refractivity contribution in [3.8, 4) is 0 Å². The number of amides is 1. The average Bonchev–Trinajstić information content (AvgIpc) is 3.09. The number of hydrogen-bond acceptors (Lipinski definition) is 3. The monoisotopic (exact) mass is 327 g/mol. The van der Waals surface area contributed by atoms with Crippen LogP contribution in [0.25, 0.3) is 5.52 Å². The van der Waals surface area contributed by atoms with Crippen molar-refractivity contribution in [1.82, 2.24) is 14.5 Å². The summed E-state index contributed by atoms with van der Waals surface area (Å²) in [6.45, 7) is 7.43. The normalized spacial score (nSPS) is 22.8. The Labute approximate surface area is 142 Å². The molecule has 2 aromatic heterocycles. The molecular weight excluding hydrogens is 302 g/mol. The average molecular weight is 327 g/mol. The number of fused-ring (bicyclic) bond motifs is 1. The molecule has 1 saturated carbocycles. The van der Waals surface area contributed by atoms with Crippen LogP contribution in [0.1, 0.15) is 51.5 Å². The number of carbonyl (C=O) groups excluding carboxylic acids is 1. The highest BCUT2D eigenvalue weighted by atomic mass is 16.6. The van der Waals surface area contributed by atoms with Gasteiger partial charge in [0.05, 0.1) is 5.52 Å². The maximum atomic E-state index is 12.1. The fraction of sp³-hybridized carbons (Fsp3) is 0.579. The van der Waals surface area contributed by atoms with E-state index in [9.17, 15) is 4.79 Å². The van der Waals surface area contributed by atoms with Crippen LogP contribution in [0.5, 0.6) is 0 Å². The first-order chi connectivity index (χ1) is 11.3. The van der Waals surface area contributed by atoms with Crippen molar-refractivity contribution < 1.29 is 9.53 Å². The number of likely N-dealkylation sites (tertiary alicyclic amines) is 1. The number of carbonyl (C=O) groups is 1. The van der Waals surface area contributed by atoms with Crippen LogP contribution in [0.3, 0.4) is 0 Å². The number of ether oxygens (including phenoxy) is 1. The number of hydrogen-bond donors (Lipinski definition) is 0. The fourth-order valence-electron chi connectivity index (χ4n) is 4.19. The van der Waals surface area contributed by atoms with Gasteiger partial charge >= 0.3 is 6.09 Å². The molecule has 2 aliphatic rings. The highest BCUT2D eigenvalue weighted by Crippen LogP contribution is 2.51. The first-order valence-electron chi connectivity index (χ1n) is 8.75. The molecule has 0 aromatic carbocycles. The van der Waals surface area contributed by atoms with Crippen molar-refractivity contribution >= 4 is 11.6 Å². The molecule has 1 spiro atoms. The van der Waals surface area contributed by atoms with Gasteiger partial charge in [0, 0.05) is 30.9 Å². The van der Waals surface area contributed by atoms with Crippen LogP contribution in [-0.4, -0.2) is 39.3 Å². The van der Waals surface area contributed by atoms with Gasteiger partial charge < -0.3 is 9.64 Å². The molecule has 1 aliphatic heterocycles. The number of rotatable bonds is 1. The van der Waals surface area contributed by atoms with Crippen LogP contribution >= 0.6 is 0 Å². The van der Waals surface area contributed by atoms with E-state index in [-0.39, 0.29) is 6.09 Å². The molecule has 2 aromatic rings. The summed E-state index contributed by atoms with van der Waals surface area (Å²) in [5.74, 6) is 0.589. The van der Waals surface area contributed by atoms with E-state index in [0.717, 1.165) is 25.0 Å². The SMILES string of the molecule is CC(C)(C)OC(=O)N1CC2(CC[C@@H](c3ccn4nccc4c3)C2)C1. The Bertz CT molecular complexity index is 768. The Morgan fingerprint density at radius 1 is 1.33 bits per heavy atom. The van der Waals surface area contributed by atoms with Crippen molar-refractivity contribution in [3.63, 3.8) is 0 Å². The molecule has 0 bridgehead atoms. The first kappa shape index (κ1) is 15.5. The van der Waals surface area contributed by atoms with Gasteiger partial charge in [0.1, 0.15) is 5.60 Å². The van der Waals surface area contributed by atoms with Gasteiger partial charge in [0.15, 0.2) is 0 Å². The summed E-state index contributed by atoms with van der Waals surface area (Å²) in [6.07, 6.45) is 7.27. The van der Waals surface area contributed by atoms with Gasteiger partial charge in [-0.1, -0.05) is 0 Å². The molecule has 1 aliphatic carbocycles. The molecule has 2 fully saturated rings. The molecule has 5 nitrogen and oxygen atoms in total. The molecule has 1 amide bonds. The van der Waals surface area contributed by atoms with E-state index >= 15 is 0 Å². The molecule has 4 rings (SSSR count). The summed E-state index contributed by atoms with van der Waals surface area (Å²) in [7, 11) is 0. The van der Waals surface area contributed by atoms with Crippen LogP contribution in [-0.2, 0) is 4.74 Å². The maximum Gasteiger partial charge on any atom is 0.410 e. The third kappa shape index (κ3) is 2.76. The second-order valence-corrected chi connectivity index (χ2v) is 8.44. The Morgan fingerprint density at radius 2 is 2.12 bits per heavy atom. The third-order valence-electron chi connectivity index (χ3n) is 5.30. The smallest absolute Gasteiger partial charge is 0.410 e. The minimum atomic E-state index is -0.418. The molecule has 1 saturated heterocycles. The molecule has 128 valence electrons. The minimum Gasteiger partial charge on any atom is -0.444 e. The lowest BCUT2D eigenvalue weighted by Gasteiger charge is -2.48. The van der Waals surface area contributed by atoms with E-state index in [1.165, 1.54) is 18.4 Å². The summed E-state index contributed by atoms with van der Waals surface area (Å²) >= 11 is 0. The Balaban J connectivity index is 1.40. The van der Waals surface area contributed by atoms with Crippen LogP contribution in [0.15, 0.2) is 30.6 Å². The predicted octanol–water partition coefficient (Wildman–Crippen LogP) is 3.84. The molecule has 24 heavy (non-hydrogen) atoms. The highest BCUT2D eigenvalue weighted by Gasteiger charge is 2.50. The zero-order valence-electron chi connectivity index (χ0n) is 14.7. The lowest BCUT2D eigenvalue weighted by Crippen LogP contribution is -2.58. The van der Waals surface area contributed by atoms with E-state index in [1.54, 1.807) is 0 Å². The molecular formula is C19H25N3O2. The summed E-state index contributed by atoms with van der Waals surface area (Å²) in [4.78, 5) is 14.0. The summed E-state index contributed by atoms with van der Waals surface area (Å²) < 4.78 is 7.38. The molecule has 0 N–H and O–H groups in total. The molecule has 1 atom stereocenters. The zero-order chi connectivity index (χ0) is 16.9. The van der Waals surface area contributed by atoms with E-state index in [1.807, 2.05) is 48.6 Å². The van der Waals surface area contributed by atoms with Crippen molar-refractivity contribution in [2.75, 3.05) is 13.1 Å². The van der Waals surface area contributed by atoms with Gasteiger partial charge in [-0.15, -0.1) is 0 Å². The summed E-state index contributed by atoms with van der Waals surface area (Å²) in [5.41, 5.74) is 2.43. The molecule has 0 unspecified atom stereocenters. The number of pyridine rings is 1.